The Balaban J connectivity index is 1.71. The van der Waals surface area contributed by atoms with E-state index in [2.05, 4.69) is 34.9 Å². The molecule has 0 bridgehead atoms. The van der Waals surface area contributed by atoms with Crippen molar-refractivity contribution in [3.8, 4) is 0 Å². The average molecular weight is 286 g/mol. The van der Waals surface area contributed by atoms with Crippen LogP contribution in [0.2, 0.25) is 0 Å². The topological polar surface area (TPSA) is 41.1 Å². The maximum Gasteiger partial charge on any atom is 0.224 e. The highest BCUT2D eigenvalue weighted by Crippen LogP contribution is 2.36. The first-order valence-electron chi connectivity index (χ1n) is 8.40. The van der Waals surface area contributed by atoms with Crippen molar-refractivity contribution in [3.63, 3.8) is 0 Å². The van der Waals surface area contributed by atoms with Crippen molar-refractivity contribution in [1.82, 2.24) is 10.6 Å². The van der Waals surface area contributed by atoms with E-state index in [1.807, 2.05) is 6.07 Å². The number of hydrogen-bond acceptors (Lipinski definition) is 2. The predicted molar refractivity (Wildman–Crippen MR) is 84.9 cm³/mol. The van der Waals surface area contributed by atoms with Crippen LogP contribution in [0.3, 0.4) is 0 Å². The summed E-state index contributed by atoms with van der Waals surface area (Å²) in [4.78, 5) is 12.6. The molecule has 0 aromatic heterocycles. The molecule has 2 atom stereocenters. The highest BCUT2D eigenvalue weighted by atomic mass is 16.2. The Bertz CT molecular complexity index is 448. The molecule has 1 saturated carbocycles. The zero-order chi connectivity index (χ0) is 14.5. The SMILES string of the molecule is O=C(NC(c1ccccc1)C1CCCC1)C1CCCNC1. The first-order valence-corrected chi connectivity index (χ1v) is 8.40. The van der Waals surface area contributed by atoms with E-state index < -0.39 is 0 Å². The summed E-state index contributed by atoms with van der Waals surface area (Å²) >= 11 is 0. The van der Waals surface area contributed by atoms with Crippen molar-refractivity contribution in [2.75, 3.05) is 13.1 Å². The molecule has 3 nitrogen and oxygen atoms in total. The summed E-state index contributed by atoms with van der Waals surface area (Å²) in [5, 5.41) is 6.70. The highest BCUT2D eigenvalue weighted by molar-refractivity contribution is 5.79. The van der Waals surface area contributed by atoms with Gasteiger partial charge in [-0.15, -0.1) is 0 Å². The van der Waals surface area contributed by atoms with E-state index in [1.54, 1.807) is 0 Å². The number of rotatable bonds is 4. The van der Waals surface area contributed by atoms with E-state index in [9.17, 15) is 4.79 Å². The summed E-state index contributed by atoms with van der Waals surface area (Å²) in [6.07, 6.45) is 7.21. The standard InChI is InChI=1S/C18H26N2O/c21-18(16-11-6-12-19-13-16)20-17(15-9-4-5-10-15)14-7-2-1-3-8-14/h1-3,7-8,15-17,19H,4-6,9-13H2,(H,20,21). The van der Waals surface area contributed by atoms with Crippen LogP contribution in [0.5, 0.6) is 0 Å². The largest absolute Gasteiger partial charge is 0.349 e. The van der Waals surface area contributed by atoms with Gasteiger partial charge in [0.05, 0.1) is 12.0 Å². The first-order chi connectivity index (χ1) is 10.3. The molecule has 2 aliphatic rings. The van der Waals surface area contributed by atoms with Gasteiger partial charge >= 0.3 is 0 Å². The molecule has 1 aromatic carbocycles. The molecule has 1 aliphatic heterocycles. The maximum absolute atomic E-state index is 12.6. The van der Waals surface area contributed by atoms with Crippen molar-refractivity contribution < 1.29 is 4.79 Å². The Labute approximate surface area is 127 Å². The number of piperidine rings is 1. The lowest BCUT2D eigenvalue weighted by Crippen LogP contribution is -2.43. The van der Waals surface area contributed by atoms with Crippen LogP contribution in [-0.2, 0) is 4.79 Å². The average Bonchev–Trinajstić information content (AvgIpc) is 3.08. The number of amides is 1. The third-order valence-electron chi connectivity index (χ3n) is 5.00. The fraction of sp³-hybridized carbons (Fsp3) is 0.611. The van der Waals surface area contributed by atoms with Gasteiger partial charge in [-0.05, 0) is 43.7 Å². The summed E-state index contributed by atoms with van der Waals surface area (Å²) < 4.78 is 0. The van der Waals surface area contributed by atoms with Gasteiger partial charge in [0.1, 0.15) is 0 Å². The van der Waals surface area contributed by atoms with Gasteiger partial charge in [-0.3, -0.25) is 4.79 Å². The molecule has 1 aliphatic carbocycles. The van der Waals surface area contributed by atoms with Gasteiger partial charge in [0.2, 0.25) is 5.91 Å². The van der Waals surface area contributed by atoms with E-state index in [0.717, 1.165) is 25.9 Å². The van der Waals surface area contributed by atoms with E-state index in [1.165, 1.54) is 31.2 Å². The molecule has 3 rings (SSSR count). The molecular weight excluding hydrogens is 260 g/mol. The lowest BCUT2D eigenvalue weighted by molar-refractivity contribution is -0.126. The van der Waals surface area contributed by atoms with Gasteiger partial charge in [-0.2, -0.15) is 0 Å². The first kappa shape index (κ1) is 14.6. The van der Waals surface area contributed by atoms with Gasteiger partial charge in [-0.25, -0.2) is 0 Å². The quantitative estimate of drug-likeness (QED) is 0.893. The number of nitrogens with one attached hydrogen (secondary N) is 2. The fourth-order valence-electron chi connectivity index (χ4n) is 3.77. The van der Waals surface area contributed by atoms with E-state index in [-0.39, 0.29) is 17.9 Å². The van der Waals surface area contributed by atoms with Gasteiger partial charge in [0.25, 0.3) is 0 Å². The summed E-state index contributed by atoms with van der Waals surface area (Å²) in [6.45, 7) is 1.88. The third kappa shape index (κ3) is 3.65. The molecule has 2 N–H and O–H groups in total. The lowest BCUT2D eigenvalue weighted by Gasteiger charge is -2.29. The minimum Gasteiger partial charge on any atom is -0.349 e. The van der Waals surface area contributed by atoms with Crippen molar-refractivity contribution in [2.45, 2.75) is 44.6 Å². The lowest BCUT2D eigenvalue weighted by atomic mass is 9.90. The van der Waals surface area contributed by atoms with Crippen molar-refractivity contribution in [2.24, 2.45) is 11.8 Å². The van der Waals surface area contributed by atoms with Gasteiger partial charge in [0.15, 0.2) is 0 Å². The number of carbonyl (C=O) groups excluding carboxylic acids is 1. The van der Waals surface area contributed by atoms with E-state index >= 15 is 0 Å². The number of hydrogen-bond donors (Lipinski definition) is 2. The maximum atomic E-state index is 12.6. The molecule has 2 unspecified atom stereocenters. The van der Waals surface area contributed by atoms with Crippen LogP contribution in [0, 0.1) is 11.8 Å². The molecule has 0 radical (unpaired) electrons. The van der Waals surface area contributed by atoms with Crippen molar-refractivity contribution in [3.05, 3.63) is 35.9 Å². The third-order valence-corrected chi connectivity index (χ3v) is 5.00. The van der Waals surface area contributed by atoms with Crippen LogP contribution in [0.15, 0.2) is 30.3 Å². The highest BCUT2D eigenvalue weighted by Gasteiger charge is 2.30. The fourth-order valence-corrected chi connectivity index (χ4v) is 3.77. The van der Waals surface area contributed by atoms with Gasteiger partial charge < -0.3 is 10.6 Å². The van der Waals surface area contributed by atoms with E-state index in [4.69, 9.17) is 0 Å². The molecule has 21 heavy (non-hydrogen) atoms. The van der Waals surface area contributed by atoms with Gasteiger partial charge in [-0.1, -0.05) is 43.2 Å². The predicted octanol–water partition coefficient (Wildman–Crippen LogP) is 3.03. The summed E-state index contributed by atoms with van der Waals surface area (Å²) in [5.41, 5.74) is 1.27. The smallest absolute Gasteiger partial charge is 0.224 e. The molecule has 0 spiro atoms. The zero-order valence-electron chi connectivity index (χ0n) is 12.7. The summed E-state index contributed by atoms with van der Waals surface area (Å²) in [5.74, 6) is 0.988. The Hall–Kier alpha value is -1.35. The number of carbonyl (C=O) groups is 1. The molecule has 1 heterocycles. The zero-order valence-corrected chi connectivity index (χ0v) is 12.7. The van der Waals surface area contributed by atoms with E-state index in [0.29, 0.717) is 5.92 Å². The summed E-state index contributed by atoms with van der Waals surface area (Å²) in [7, 11) is 0. The van der Waals surface area contributed by atoms with Crippen LogP contribution >= 0.6 is 0 Å². The van der Waals surface area contributed by atoms with Crippen molar-refractivity contribution >= 4 is 5.91 Å². The summed E-state index contributed by atoms with van der Waals surface area (Å²) in [6, 6.07) is 10.7. The normalized spacial score (nSPS) is 24.7. The Morgan fingerprint density at radius 3 is 2.52 bits per heavy atom. The molecule has 2 fully saturated rings. The van der Waals surface area contributed by atoms with Crippen LogP contribution < -0.4 is 10.6 Å². The molecule has 1 saturated heterocycles. The molecule has 3 heteroatoms. The second-order valence-electron chi connectivity index (χ2n) is 6.48. The monoisotopic (exact) mass is 286 g/mol. The Morgan fingerprint density at radius 2 is 1.86 bits per heavy atom. The van der Waals surface area contributed by atoms with Crippen LogP contribution in [0.25, 0.3) is 0 Å². The van der Waals surface area contributed by atoms with Gasteiger partial charge in [0, 0.05) is 6.54 Å². The number of benzene rings is 1. The minimum absolute atomic E-state index is 0.145. The molecule has 1 amide bonds. The van der Waals surface area contributed by atoms with Crippen LogP contribution in [0.1, 0.15) is 50.1 Å². The minimum atomic E-state index is 0.145. The van der Waals surface area contributed by atoms with Crippen molar-refractivity contribution in [1.29, 1.82) is 0 Å². The van der Waals surface area contributed by atoms with Crippen LogP contribution in [0.4, 0.5) is 0 Å². The second kappa shape index (κ2) is 7.08. The molecular formula is C18H26N2O. The second-order valence-corrected chi connectivity index (χ2v) is 6.48. The molecule has 114 valence electrons. The Kier molecular flexibility index (Phi) is 4.91. The molecule has 1 aromatic rings. The Morgan fingerprint density at radius 1 is 1.10 bits per heavy atom. The van der Waals surface area contributed by atoms with Crippen LogP contribution in [-0.4, -0.2) is 19.0 Å².